The maximum absolute atomic E-state index is 13.1. The predicted octanol–water partition coefficient (Wildman–Crippen LogP) is 7.21. The lowest BCUT2D eigenvalue weighted by atomic mass is 10.00. The molecule has 1 amide bonds. The van der Waals surface area contributed by atoms with Crippen LogP contribution < -0.4 is 15.0 Å². The van der Waals surface area contributed by atoms with Gasteiger partial charge >= 0.3 is 5.97 Å². The first-order valence-corrected chi connectivity index (χ1v) is 15.3. The van der Waals surface area contributed by atoms with Gasteiger partial charge in [0, 0.05) is 39.9 Å². The van der Waals surface area contributed by atoms with Crippen molar-refractivity contribution in [1.82, 2.24) is 0 Å². The Bertz CT molecular complexity index is 1740. The number of rotatable bonds is 14. The van der Waals surface area contributed by atoms with Crippen molar-refractivity contribution in [3.8, 4) is 5.75 Å². The van der Waals surface area contributed by atoms with Crippen LogP contribution in [0.25, 0.3) is 6.08 Å². The fourth-order valence-electron chi connectivity index (χ4n) is 4.76. The molecule has 0 spiro atoms. The van der Waals surface area contributed by atoms with E-state index in [-0.39, 0.29) is 24.7 Å². The van der Waals surface area contributed by atoms with Gasteiger partial charge < -0.3 is 20.1 Å². The average molecular weight is 617 g/mol. The highest BCUT2D eigenvalue weighted by atomic mass is 32.1. The fourth-order valence-corrected chi connectivity index (χ4v) is 5.37. The van der Waals surface area contributed by atoms with Gasteiger partial charge in [0.05, 0.1) is 6.54 Å². The zero-order chi connectivity index (χ0) is 31.4. The van der Waals surface area contributed by atoms with E-state index in [0.29, 0.717) is 29.1 Å². The highest BCUT2D eigenvalue weighted by Gasteiger charge is 2.21. The zero-order valence-corrected chi connectivity index (χ0v) is 25.2. The van der Waals surface area contributed by atoms with E-state index in [2.05, 4.69) is 5.32 Å². The third-order valence-electron chi connectivity index (χ3n) is 7.05. The summed E-state index contributed by atoms with van der Waals surface area (Å²) in [5.74, 6) is -0.758. The van der Waals surface area contributed by atoms with Gasteiger partial charge in [-0.15, -0.1) is 11.3 Å². The number of nitrogens with one attached hydrogen (secondary N) is 1. The lowest BCUT2D eigenvalue weighted by Crippen LogP contribution is -2.33. The van der Waals surface area contributed by atoms with Crippen molar-refractivity contribution in [3.05, 3.63) is 154 Å². The van der Waals surface area contributed by atoms with Crippen LogP contribution in [0.4, 0.5) is 11.4 Å². The summed E-state index contributed by atoms with van der Waals surface area (Å²) < 4.78 is 5.96. The number of carboxylic acid groups (broad SMARTS) is 1. The summed E-state index contributed by atoms with van der Waals surface area (Å²) >= 11 is 1.56. The molecule has 4 aromatic carbocycles. The number of para-hydroxylation sites is 2. The molecule has 0 fully saturated rings. The number of aliphatic carboxylic acids is 1. The van der Waals surface area contributed by atoms with Crippen molar-refractivity contribution in [3.63, 3.8) is 0 Å². The van der Waals surface area contributed by atoms with Crippen LogP contribution in [0.1, 0.15) is 26.4 Å². The number of hydrogen-bond acceptors (Lipinski definition) is 6. The van der Waals surface area contributed by atoms with Gasteiger partial charge in [0.25, 0.3) is 5.91 Å². The Balaban J connectivity index is 1.20. The molecule has 1 unspecified atom stereocenters. The summed E-state index contributed by atoms with van der Waals surface area (Å²) in [4.78, 5) is 41.1. The second-order valence-corrected chi connectivity index (χ2v) is 11.1. The lowest BCUT2D eigenvalue weighted by Gasteiger charge is -2.21. The molecule has 5 rings (SSSR count). The van der Waals surface area contributed by atoms with Crippen molar-refractivity contribution >= 4 is 46.4 Å². The van der Waals surface area contributed by atoms with Crippen molar-refractivity contribution in [1.29, 1.82) is 0 Å². The molecular weight excluding hydrogens is 584 g/mol. The second kappa shape index (κ2) is 15.3. The molecule has 0 radical (unpaired) electrons. The molecule has 2 N–H and O–H groups in total. The monoisotopic (exact) mass is 616 g/mol. The quantitative estimate of drug-likeness (QED) is 0.101. The maximum Gasteiger partial charge on any atom is 0.326 e. The molecule has 1 aromatic heterocycles. The van der Waals surface area contributed by atoms with Crippen molar-refractivity contribution < 1.29 is 24.2 Å². The van der Waals surface area contributed by atoms with Crippen molar-refractivity contribution in [2.24, 2.45) is 0 Å². The molecule has 226 valence electrons. The minimum atomic E-state index is -1.03. The number of amides is 1. The van der Waals surface area contributed by atoms with Gasteiger partial charge in [-0.1, -0.05) is 78.9 Å². The molecule has 1 atom stereocenters. The Labute approximate surface area is 266 Å². The number of ether oxygens (including phenoxy) is 1. The number of benzene rings is 4. The van der Waals surface area contributed by atoms with Crippen LogP contribution in [0.5, 0.6) is 5.75 Å². The zero-order valence-electron chi connectivity index (χ0n) is 24.4. The molecule has 8 heteroatoms. The molecule has 5 aromatic rings. The van der Waals surface area contributed by atoms with E-state index in [9.17, 15) is 19.5 Å². The first-order chi connectivity index (χ1) is 22.0. The molecule has 0 saturated heterocycles. The van der Waals surface area contributed by atoms with Crippen LogP contribution in [0.2, 0.25) is 0 Å². The topological polar surface area (TPSA) is 95.9 Å². The number of carbonyl (C=O) groups excluding carboxylic acids is 2. The summed E-state index contributed by atoms with van der Waals surface area (Å²) in [7, 11) is 0. The van der Waals surface area contributed by atoms with E-state index in [4.69, 9.17) is 4.74 Å². The van der Waals surface area contributed by atoms with E-state index in [0.717, 1.165) is 16.1 Å². The number of thiophene rings is 1. The number of carbonyl (C=O) groups is 3. The van der Waals surface area contributed by atoms with Crippen LogP contribution in [0.15, 0.2) is 133 Å². The minimum Gasteiger partial charge on any atom is -0.492 e. The molecule has 0 saturated carbocycles. The van der Waals surface area contributed by atoms with Crippen LogP contribution in [-0.4, -0.2) is 42.0 Å². The number of anilines is 2. The smallest absolute Gasteiger partial charge is 0.326 e. The summed E-state index contributed by atoms with van der Waals surface area (Å²) in [6.45, 7) is 0.601. The molecule has 0 aliphatic heterocycles. The van der Waals surface area contributed by atoms with Crippen LogP contribution in [-0.2, 0) is 16.0 Å². The molecule has 7 nitrogen and oxygen atoms in total. The molecule has 0 bridgehead atoms. The van der Waals surface area contributed by atoms with E-state index in [1.165, 1.54) is 0 Å². The van der Waals surface area contributed by atoms with Crippen LogP contribution in [0.3, 0.4) is 0 Å². The predicted molar refractivity (Wildman–Crippen MR) is 179 cm³/mol. The highest BCUT2D eigenvalue weighted by Crippen LogP contribution is 2.22. The first-order valence-electron chi connectivity index (χ1n) is 14.5. The summed E-state index contributed by atoms with van der Waals surface area (Å²) in [5, 5.41) is 15.0. The second-order valence-electron chi connectivity index (χ2n) is 10.1. The van der Waals surface area contributed by atoms with Crippen LogP contribution in [0, 0.1) is 0 Å². The van der Waals surface area contributed by atoms with Gasteiger partial charge in [-0.05, 0) is 59.5 Å². The normalized spacial score (nSPS) is 11.6. The SMILES string of the molecule is O=C(c1ccccc1)c1ccccc1NC(Cc1ccc(OCCN(C(=O)C=Cc2cccs2)c2ccccc2)cc1)C(=O)O. The van der Waals surface area contributed by atoms with E-state index in [1.54, 1.807) is 83.0 Å². The summed E-state index contributed by atoms with van der Waals surface area (Å²) in [5.41, 5.74) is 2.95. The summed E-state index contributed by atoms with van der Waals surface area (Å²) in [6, 6.07) is 35.4. The van der Waals surface area contributed by atoms with Gasteiger partial charge in [0.1, 0.15) is 18.4 Å². The van der Waals surface area contributed by atoms with Gasteiger partial charge in [-0.25, -0.2) is 4.79 Å². The Morgan fingerprint density at radius 1 is 0.822 bits per heavy atom. The Morgan fingerprint density at radius 2 is 1.51 bits per heavy atom. The third-order valence-corrected chi connectivity index (χ3v) is 7.89. The Kier molecular flexibility index (Phi) is 10.5. The largest absolute Gasteiger partial charge is 0.492 e. The van der Waals surface area contributed by atoms with Gasteiger partial charge in [-0.2, -0.15) is 0 Å². The van der Waals surface area contributed by atoms with Crippen molar-refractivity contribution in [2.45, 2.75) is 12.5 Å². The minimum absolute atomic E-state index is 0.146. The first kappa shape index (κ1) is 31.0. The van der Waals surface area contributed by atoms with E-state index in [1.807, 2.05) is 72.1 Å². The van der Waals surface area contributed by atoms with Crippen molar-refractivity contribution in [2.75, 3.05) is 23.4 Å². The fraction of sp³-hybridized carbons (Fsp3) is 0.108. The standard InChI is InChI=1S/C37H32N2O5S/c40-35(22-21-31-14-9-25-45-31)39(29-12-5-2-6-13-29)23-24-44-30-19-17-27(18-20-30)26-34(37(42)43)38-33-16-8-7-15-32(33)36(41)28-10-3-1-4-11-28/h1-22,25,34,38H,23-24,26H2,(H,42,43). The lowest BCUT2D eigenvalue weighted by molar-refractivity contribution is -0.137. The molecule has 1 heterocycles. The Morgan fingerprint density at radius 3 is 2.20 bits per heavy atom. The molecular formula is C37H32N2O5S. The third kappa shape index (κ3) is 8.55. The van der Waals surface area contributed by atoms with Gasteiger partial charge in [-0.3, -0.25) is 9.59 Å². The molecule has 45 heavy (non-hydrogen) atoms. The highest BCUT2D eigenvalue weighted by molar-refractivity contribution is 7.10. The molecule has 0 aliphatic rings. The maximum atomic E-state index is 13.1. The Hall–Kier alpha value is -5.47. The number of hydrogen-bond donors (Lipinski definition) is 2. The van der Waals surface area contributed by atoms with Gasteiger partial charge in [0.2, 0.25) is 0 Å². The van der Waals surface area contributed by atoms with Crippen LogP contribution >= 0.6 is 11.3 Å². The number of nitrogens with zero attached hydrogens (tertiary/aromatic N) is 1. The van der Waals surface area contributed by atoms with E-state index >= 15 is 0 Å². The van der Waals surface area contributed by atoms with E-state index < -0.39 is 12.0 Å². The van der Waals surface area contributed by atoms with Gasteiger partial charge in [0.15, 0.2) is 5.78 Å². The number of carboxylic acids is 1. The molecule has 0 aliphatic carbocycles. The average Bonchev–Trinajstić information content (AvgIpc) is 3.61. The summed E-state index contributed by atoms with van der Waals surface area (Å²) in [6.07, 6.45) is 3.56. The number of ketones is 1.